The van der Waals surface area contributed by atoms with E-state index in [-0.39, 0.29) is 4.84 Å². The molecule has 0 saturated carbocycles. The molecular weight excluding hydrogens is 255 g/mol. The van der Waals surface area contributed by atoms with Crippen LogP contribution in [0.2, 0.25) is 0 Å². The Bertz CT molecular complexity index is 532. The Morgan fingerprint density at radius 3 is 1.65 bits per heavy atom. The molecule has 0 saturated heterocycles. The lowest BCUT2D eigenvalue weighted by Crippen LogP contribution is -2.27. The molecule has 0 aromatic heterocycles. The molecule has 1 nitrogen and oxygen atoms in total. The Kier molecular flexibility index (Phi) is 2.44. The van der Waals surface area contributed by atoms with Gasteiger partial charge < -0.3 is 5.11 Å². The molecule has 0 atom stereocenters. The Morgan fingerprint density at radius 1 is 0.824 bits per heavy atom. The molecular formula is C14H9Cl2O. The molecule has 0 fully saturated rings. The molecule has 1 aliphatic carbocycles. The topological polar surface area (TPSA) is 20.2 Å². The minimum atomic E-state index is -1.39. The molecule has 0 spiro atoms. The second kappa shape index (κ2) is 3.74. The van der Waals surface area contributed by atoms with E-state index in [0.29, 0.717) is 0 Å². The number of rotatable bonds is 1. The Balaban J connectivity index is 2.39. The first-order chi connectivity index (χ1) is 8.15. The third kappa shape index (κ3) is 1.37. The van der Waals surface area contributed by atoms with E-state index in [1.807, 2.05) is 48.5 Å². The largest absolute Gasteiger partial charge is 0.377 e. The van der Waals surface area contributed by atoms with Gasteiger partial charge >= 0.3 is 0 Å². The standard InChI is InChI=1S/C14H9Cl2O/c15-13(16)14(17)11-7-3-1-5-9(11)10-6-2-4-8-12(10)14/h1-8,17H. The normalized spacial score (nSPS) is 15.8. The lowest BCUT2D eigenvalue weighted by atomic mass is 9.93. The summed E-state index contributed by atoms with van der Waals surface area (Å²) in [4.78, 5) is -0.0464. The van der Waals surface area contributed by atoms with Crippen molar-refractivity contribution in [2.24, 2.45) is 0 Å². The summed E-state index contributed by atoms with van der Waals surface area (Å²) in [5.41, 5.74) is 2.03. The van der Waals surface area contributed by atoms with Gasteiger partial charge in [0.25, 0.3) is 0 Å². The van der Waals surface area contributed by atoms with E-state index in [4.69, 9.17) is 23.2 Å². The van der Waals surface area contributed by atoms with Gasteiger partial charge in [0.2, 0.25) is 0 Å². The summed E-state index contributed by atoms with van der Waals surface area (Å²) in [7, 11) is 0. The zero-order valence-corrected chi connectivity index (χ0v) is 10.3. The van der Waals surface area contributed by atoms with Crippen LogP contribution in [0.4, 0.5) is 0 Å². The molecule has 3 rings (SSSR count). The average Bonchev–Trinajstić information content (AvgIpc) is 2.63. The van der Waals surface area contributed by atoms with E-state index in [0.717, 1.165) is 22.3 Å². The highest BCUT2D eigenvalue weighted by Crippen LogP contribution is 2.53. The molecule has 1 N–H and O–H groups in total. The third-order valence-electron chi connectivity index (χ3n) is 3.20. The van der Waals surface area contributed by atoms with Crippen molar-refractivity contribution in [3.63, 3.8) is 0 Å². The molecule has 2 aromatic carbocycles. The van der Waals surface area contributed by atoms with Crippen molar-refractivity contribution in [1.29, 1.82) is 0 Å². The number of benzene rings is 2. The minimum Gasteiger partial charge on any atom is -0.377 e. The summed E-state index contributed by atoms with van der Waals surface area (Å²) in [5, 5.41) is 10.8. The predicted octanol–water partition coefficient (Wildman–Crippen LogP) is 3.87. The fourth-order valence-corrected chi connectivity index (χ4v) is 2.82. The fourth-order valence-electron chi connectivity index (χ4n) is 2.42. The lowest BCUT2D eigenvalue weighted by Gasteiger charge is -2.25. The van der Waals surface area contributed by atoms with Gasteiger partial charge in [0.05, 0.1) is 0 Å². The quantitative estimate of drug-likeness (QED) is 0.828. The number of hydrogen-bond acceptors (Lipinski definition) is 1. The molecule has 0 unspecified atom stereocenters. The van der Waals surface area contributed by atoms with Crippen LogP contribution in [0.3, 0.4) is 0 Å². The van der Waals surface area contributed by atoms with Crippen LogP contribution in [0.5, 0.6) is 0 Å². The average molecular weight is 264 g/mol. The number of hydrogen-bond donors (Lipinski definition) is 1. The van der Waals surface area contributed by atoms with Crippen molar-refractivity contribution in [1.82, 2.24) is 0 Å². The van der Waals surface area contributed by atoms with E-state index in [1.54, 1.807) is 0 Å². The predicted molar refractivity (Wildman–Crippen MR) is 69.8 cm³/mol. The third-order valence-corrected chi connectivity index (χ3v) is 3.74. The maximum atomic E-state index is 10.8. The Labute approximate surface area is 110 Å². The first-order valence-corrected chi connectivity index (χ1v) is 6.01. The molecule has 0 amide bonds. The summed E-state index contributed by atoms with van der Waals surface area (Å²) in [6.07, 6.45) is 0. The lowest BCUT2D eigenvalue weighted by molar-refractivity contribution is 0.124. The van der Waals surface area contributed by atoms with Gasteiger partial charge in [0.1, 0.15) is 0 Å². The van der Waals surface area contributed by atoms with Crippen LogP contribution in [0.15, 0.2) is 48.5 Å². The van der Waals surface area contributed by atoms with Gasteiger partial charge in [-0.05, 0) is 22.3 Å². The van der Waals surface area contributed by atoms with Crippen LogP contribution in [-0.2, 0) is 5.60 Å². The molecule has 0 aliphatic heterocycles. The molecule has 2 aromatic rings. The second-order valence-corrected chi connectivity index (χ2v) is 5.01. The van der Waals surface area contributed by atoms with Crippen LogP contribution < -0.4 is 0 Å². The fraction of sp³-hybridized carbons (Fsp3) is 0.0714. The highest BCUT2D eigenvalue weighted by molar-refractivity contribution is 6.53. The first kappa shape index (κ1) is 11.1. The van der Waals surface area contributed by atoms with Crippen molar-refractivity contribution in [3.05, 3.63) is 64.5 Å². The van der Waals surface area contributed by atoms with Gasteiger partial charge in [0.15, 0.2) is 10.4 Å². The monoisotopic (exact) mass is 263 g/mol. The molecule has 3 heteroatoms. The van der Waals surface area contributed by atoms with Crippen LogP contribution in [0.25, 0.3) is 11.1 Å². The highest BCUT2D eigenvalue weighted by Gasteiger charge is 2.46. The Morgan fingerprint density at radius 2 is 1.24 bits per heavy atom. The molecule has 1 aliphatic rings. The highest BCUT2D eigenvalue weighted by atomic mass is 35.5. The van der Waals surface area contributed by atoms with Gasteiger partial charge in [-0.2, -0.15) is 0 Å². The first-order valence-electron chi connectivity index (χ1n) is 5.26. The van der Waals surface area contributed by atoms with E-state index in [2.05, 4.69) is 0 Å². The summed E-state index contributed by atoms with van der Waals surface area (Å²) in [6, 6.07) is 15.2. The zero-order chi connectivity index (χ0) is 12.0. The van der Waals surface area contributed by atoms with Crippen molar-refractivity contribution in [2.45, 2.75) is 5.60 Å². The molecule has 0 bridgehead atoms. The summed E-state index contributed by atoms with van der Waals surface area (Å²) in [6.45, 7) is 0. The van der Waals surface area contributed by atoms with Crippen LogP contribution in [0, 0.1) is 4.84 Å². The number of aliphatic hydroxyl groups is 1. The van der Waals surface area contributed by atoms with Crippen LogP contribution in [0.1, 0.15) is 11.1 Å². The van der Waals surface area contributed by atoms with Gasteiger partial charge in [-0.15, -0.1) is 0 Å². The summed E-state index contributed by atoms with van der Waals surface area (Å²) < 4.78 is 0. The zero-order valence-electron chi connectivity index (χ0n) is 8.82. The van der Waals surface area contributed by atoms with Gasteiger partial charge in [-0.25, -0.2) is 0 Å². The number of halogens is 2. The van der Waals surface area contributed by atoms with Gasteiger partial charge in [-0.3, -0.25) is 0 Å². The molecule has 85 valence electrons. The molecule has 17 heavy (non-hydrogen) atoms. The SMILES string of the molecule is OC1([C](Cl)Cl)c2ccccc2-c2ccccc21. The maximum Gasteiger partial charge on any atom is 0.191 e. The molecule has 1 radical (unpaired) electrons. The van der Waals surface area contributed by atoms with E-state index in [1.165, 1.54) is 0 Å². The van der Waals surface area contributed by atoms with Crippen molar-refractivity contribution < 1.29 is 5.11 Å². The second-order valence-electron chi connectivity index (χ2n) is 4.06. The smallest absolute Gasteiger partial charge is 0.191 e. The van der Waals surface area contributed by atoms with Crippen LogP contribution >= 0.6 is 23.2 Å². The summed E-state index contributed by atoms with van der Waals surface area (Å²) in [5.74, 6) is 0. The van der Waals surface area contributed by atoms with E-state index >= 15 is 0 Å². The van der Waals surface area contributed by atoms with Crippen LogP contribution in [-0.4, -0.2) is 5.11 Å². The van der Waals surface area contributed by atoms with E-state index < -0.39 is 5.60 Å². The van der Waals surface area contributed by atoms with Crippen molar-refractivity contribution >= 4 is 23.2 Å². The maximum absolute atomic E-state index is 10.8. The number of fused-ring (bicyclic) bond motifs is 3. The Hall–Kier alpha value is -1.02. The van der Waals surface area contributed by atoms with Crippen molar-refractivity contribution in [2.75, 3.05) is 0 Å². The summed E-state index contributed by atoms with van der Waals surface area (Å²) >= 11 is 11.8. The minimum absolute atomic E-state index is 0.0464. The van der Waals surface area contributed by atoms with Gasteiger partial charge in [0, 0.05) is 0 Å². The van der Waals surface area contributed by atoms with Crippen molar-refractivity contribution in [3.8, 4) is 11.1 Å². The van der Waals surface area contributed by atoms with E-state index in [9.17, 15) is 5.11 Å². The van der Waals surface area contributed by atoms with Gasteiger partial charge in [-0.1, -0.05) is 71.7 Å². The molecule has 0 heterocycles.